The number of carbonyl (C=O) groups is 1. The van der Waals surface area contributed by atoms with Crippen molar-refractivity contribution in [2.45, 2.75) is 38.5 Å². The van der Waals surface area contributed by atoms with E-state index in [4.69, 9.17) is 9.84 Å². The second-order valence-corrected chi connectivity index (χ2v) is 3.22. The van der Waals surface area contributed by atoms with E-state index < -0.39 is 0 Å². The van der Waals surface area contributed by atoms with Gasteiger partial charge in [0.15, 0.2) is 0 Å². The first-order valence-corrected chi connectivity index (χ1v) is 5.21. The molecule has 0 unspecified atom stereocenters. The molecule has 0 aromatic rings. The van der Waals surface area contributed by atoms with Crippen LogP contribution in [0.15, 0.2) is 12.7 Å². The molecule has 14 heavy (non-hydrogen) atoms. The van der Waals surface area contributed by atoms with Crippen LogP contribution in [0, 0.1) is 0 Å². The minimum absolute atomic E-state index is 0.289. The number of esters is 1. The van der Waals surface area contributed by atoms with Gasteiger partial charge in [-0.3, -0.25) is 0 Å². The number of hydrogen-bond acceptors (Lipinski definition) is 3. The van der Waals surface area contributed by atoms with Crippen LogP contribution in [0.4, 0.5) is 0 Å². The minimum atomic E-state index is -0.342. The highest BCUT2D eigenvalue weighted by atomic mass is 16.5. The van der Waals surface area contributed by atoms with Crippen molar-refractivity contribution in [1.29, 1.82) is 0 Å². The van der Waals surface area contributed by atoms with Crippen molar-refractivity contribution in [3.8, 4) is 0 Å². The molecule has 0 rings (SSSR count). The fraction of sp³-hybridized carbons (Fsp3) is 0.727. The third-order valence-corrected chi connectivity index (χ3v) is 1.96. The molecule has 0 saturated heterocycles. The van der Waals surface area contributed by atoms with Gasteiger partial charge in [-0.15, -0.1) is 0 Å². The van der Waals surface area contributed by atoms with Crippen LogP contribution in [-0.4, -0.2) is 24.3 Å². The van der Waals surface area contributed by atoms with Crippen molar-refractivity contribution in [2.24, 2.45) is 0 Å². The lowest BCUT2D eigenvalue weighted by molar-refractivity contribution is -0.137. The zero-order chi connectivity index (χ0) is 10.6. The second kappa shape index (κ2) is 10.3. The Balaban J connectivity index is 2.99. The lowest BCUT2D eigenvalue weighted by Gasteiger charge is -2.01. The van der Waals surface area contributed by atoms with E-state index in [1.54, 1.807) is 0 Å². The van der Waals surface area contributed by atoms with Crippen molar-refractivity contribution >= 4 is 5.97 Å². The second-order valence-electron chi connectivity index (χ2n) is 3.22. The van der Waals surface area contributed by atoms with Crippen molar-refractivity contribution in [3.05, 3.63) is 12.7 Å². The van der Waals surface area contributed by atoms with Crippen LogP contribution in [0.1, 0.15) is 38.5 Å². The number of aliphatic hydroxyl groups is 1. The number of unbranched alkanes of at least 4 members (excludes halogenated alkanes) is 5. The number of rotatable bonds is 9. The normalized spacial score (nSPS) is 9.79. The highest BCUT2D eigenvalue weighted by Crippen LogP contribution is 2.04. The van der Waals surface area contributed by atoms with Gasteiger partial charge in [0, 0.05) is 12.7 Å². The van der Waals surface area contributed by atoms with Gasteiger partial charge >= 0.3 is 5.97 Å². The van der Waals surface area contributed by atoms with Crippen LogP contribution in [0.5, 0.6) is 0 Å². The zero-order valence-corrected chi connectivity index (χ0v) is 8.71. The Morgan fingerprint density at radius 2 is 1.71 bits per heavy atom. The smallest absolute Gasteiger partial charge is 0.330 e. The molecule has 0 radical (unpaired) electrons. The summed E-state index contributed by atoms with van der Waals surface area (Å²) in [4.78, 5) is 10.6. The van der Waals surface area contributed by atoms with Crippen LogP contribution < -0.4 is 0 Å². The predicted molar refractivity (Wildman–Crippen MR) is 55.9 cm³/mol. The first kappa shape index (κ1) is 13.2. The van der Waals surface area contributed by atoms with E-state index in [0.717, 1.165) is 38.5 Å². The summed E-state index contributed by atoms with van der Waals surface area (Å²) in [5.74, 6) is -0.342. The molecule has 3 heteroatoms. The Kier molecular flexibility index (Phi) is 9.64. The SMILES string of the molecule is C=CC(=O)OCCCCCCCCO. The maximum absolute atomic E-state index is 10.6. The van der Waals surface area contributed by atoms with Gasteiger partial charge in [-0.2, -0.15) is 0 Å². The van der Waals surface area contributed by atoms with Crippen molar-refractivity contribution < 1.29 is 14.6 Å². The number of hydrogen-bond donors (Lipinski definition) is 1. The number of aliphatic hydroxyl groups excluding tert-OH is 1. The number of carbonyl (C=O) groups excluding carboxylic acids is 1. The minimum Gasteiger partial charge on any atom is -0.463 e. The molecule has 0 saturated carbocycles. The molecule has 0 bridgehead atoms. The van der Waals surface area contributed by atoms with E-state index in [0.29, 0.717) is 6.61 Å². The van der Waals surface area contributed by atoms with Gasteiger partial charge < -0.3 is 9.84 Å². The molecule has 0 aromatic heterocycles. The summed E-state index contributed by atoms with van der Waals surface area (Å²) >= 11 is 0. The van der Waals surface area contributed by atoms with Crippen LogP contribution >= 0.6 is 0 Å². The predicted octanol–water partition coefficient (Wildman–Crippen LogP) is 2.05. The molecule has 3 nitrogen and oxygen atoms in total. The molecular weight excluding hydrogens is 180 g/mol. The molecule has 0 aromatic carbocycles. The Labute approximate surface area is 85.8 Å². The summed E-state index contributed by atoms with van der Waals surface area (Å²) in [6, 6.07) is 0. The largest absolute Gasteiger partial charge is 0.463 e. The summed E-state index contributed by atoms with van der Waals surface area (Å²) in [6.45, 7) is 4.09. The molecule has 0 aliphatic carbocycles. The van der Waals surface area contributed by atoms with E-state index in [1.807, 2.05) is 0 Å². The van der Waals surface area contributed by atoms with Gasteiger partial charge in [-0.25, -0.2) is 4.79 Å². The molecule has 0 fully saturated rings. The summed E-state index contributed by atoms with van der Waals surface area (Å²) < 4.78 is 4.82. The zero-order valence-electron chi connectivity index (χ0n) is 8.71. The molecule has 0 heterocycles. The van der Waals surface area contributed by atoms with E-state index >= 15 is 0 Å². The van der Waals surface area contributed by atoms with Gasteiger partial charge in [-0.1, -0.05) is 32.3 Å². The van der Waals surface area contributed by atoms with Crippen molar-refractivity contribution in [3.63, 3.8) is 0 Å². The molecule has 0 amide bonds. The third-order valence-electron chi connectivity index (χ3n) is 1.96. The molecule has 0 atom stereocenters. The first-order valence-electron chi connectivity index (χ1n) is 5.21. The topological polar surface area (TPSA) is 46.5 Å². The van der Waals surface area contributed by atoms with Crippen molar-refractivity contribution in [2.75, 3.05) is 13.2 Å². The molecule has 0 aliphatic rings. The monoisotopic (exact) mass is 200 g/mol. The van der Waals surface area contributed by atoms with Crippen molar-refractivity contribution in [1.82, 2.24) is 0 Å². The summed E-state index contributed by atoms with van der Waals surface area (Å²) in [5, 5.41) is 8.53. The van der Waals surface area contributed by atoms with Crippen LogP contribution in [0.3, 0.4) is 0 Å². The lowest BCUT2D eigenvalue weighted by atomic mass is 10.1. The molecule has 0 aliphatic heterocycles. The summed E-state index contributed by atoms with van der Waals surface area (Å²) in [7, 11) is 0. The van der Waals surface area contributed by atoms with E-state index in [-0.39, 0.29) is 12.6 Å². The highest BCUT2D eigenvalue weighted by Gasteiger charge is 1.95. The van der Waals surface area contributed by atoms with E-state index in [2.05, 4.69) is 6.58 Å². The van der Waals surface area contributed by atoms with Gasteiger partial charge in [0.1, 0.15) is 0 Å². The fourth-order valence-corrected chi connectivity index (χ4v) is 1.15. The average Bonchev–Trinajstić information content (AvgIpc) is 2.21. The van der Waals surface area contributed by atoms with Gasteiger partial charge in [0.2, 0.25) is 0 Å². The lowest BCUT2D eigenvalue weighted by Crippen LogP contribution is -2.01. The van der Waals surface area contributed by atoms with E-state index in [1.165, 1.54) is 6.08 Å². The van der Waals surface area contributed by atoms with Crippen LogP contribution in [-0.2, 0) is 9.53 Å². The highest BCUT2D eigenvalue weighted by molar-refractivity contribution is 5.81. The molecule has 82 valence electrons. The Hall–Kier alpha value is -0.830. The maximum Gasteiger partial charge on any atom is 0.330 e. The standard InChI is InChI=1S/C11H20O3/c1-2-11(13)14-10-8-6-4-3-5-7-9-12/h2,12H,1,3-10H2. The fourth-order valence-electron chi connectivity index (χ4n) is 1.15. The van der Waals surface area contributed by atoms with Gasteiger partial charge in [0.25, 0.3) is 0 Å². The average molecular weight is 200 g/mol. The Bertz CT molecular complexity index is 155. The van der Waals surface area contributed by atoms with Gasteiger partial charge in [-0.05, 0) is 12.8 Å². The Morgan fingerprint density at radius 1 is 1.14 bits per heavy atom. The maximum atomic E-state index is 10.6. The quantitative estimate of drug-likeness (QED) is 0.352. The third kappa shape index (κ3) is 9.26. The number of ether oxygens (including phenoxy) is 1. The van der Waals surface area contributed by atoms with Crippen LogP contribution in [0.25, 0.3) is 0 Å². The molecular formula is C11H20O3. The first-order chi connectivity index (χ1) is 6.81. The van der Waals surface area contributed by atoms with Crippen LogP contribution in [0.2, 0.25) is 0 Å². The molecule has 1 N–H and O–H groups in total. The van der Waals surface area contributed by atoms with E-state index in [9.17, 15) is 4.79 Å². The molecule has 0 spiro atoms. The summed E-state index contributed by atoms with van der Waals surface area (Å²) in [5.41, 5.74) is 0. The Morgan fingerprint density at radius 3 is 2.29 bits per heavy atom. The van der Waals surface area contributed by atoms with Gasteiger partial charge in [0.05, 0.1) is 6.61 Å². The summed E-state index contributed by atoms with van der Waals surface area (Å²) in [6.07, 6.45) is 7.45.